The maximum atomic E-state index is 14.2. The number of nitro benzene ring substituents is 1. The van der Waals surface area contributed by atoms with E-state index in [1.807, 2.05) is 13.8 Å². The van der Waals surface area contributed by atoms with E-state index >= 15 is 0 Å². The molecule has 0 saturated carbocycles. The van der Waals surface area contributed by atoms with Gasteiger partial charge >= 0.3 is 5.69 Å². The number of aromatic nitrogens is 3. The van der Waals surface area contributed by atoms with Crippen molar-refractivity contribution in [2.75, 3.05) is 11.1 Å². The Labute approximate surface area is 180 Å². The van der Waals surface area contributed by atoms with Gasteiger partial charge in [0.25, 0.3) is 0 Å². The second-order valence-corrected chi connectivity index (χ2v) is 7.99. The number of nitro groups is 1. The topological polar surface area (TPSA) is 103 Å². The van der Waals surface area contributed by atoms with Crippen LogP contribution in [0.2, 0.25) is 0 Å². The molecule has 3 rings (SSSR count). The summed E-state index contributed by atoms with van der Waals surface area (Å²) in [6.45, 7) is 4.51. The zero-order valence-electron chi connectivity index (χ0n) is 16.7. The van der Waals surface area contributed by atoms with Crippen LogP contribution in [0.15, 0.2) is 47.6 Å². The number of rotatable bonds is 8. The number of carbonyl (C=O) groups excluding carboxylic acids is 1. The van der Waals surface area contributed by atoms with Crippen LogP contribution in [0, 0.1) is 27.7 Å². The first-order valence-electron chi connectivity index (χ1n) is 9.31. The van der Waals surface area contributed by atoms with E-state index in [0.29, 0.717) is 23.1 Å². The number of thioether (sulfide) groups is 1. The Bertz CT molecular complexity index is 1120. The van der Waals surface area contributed by atoms with Crippen LogP contribution >= 0.6 is 11.8 Å². The monoisotopic (exact) mass is 447 g/mol. The Morgan fingerprint density at radius 3 is 2.61 bits per heavy atom. The minimum atomic E-state index is -0.986. The maximum Gasteiger partial charge on any atom is 0.306 e. The first kappa shape index (κ1) is 22.3. The number of carbonyl (C=O) groups is 1. The molecule has 0 aliphatic carbocycles. The average Bonchev–Trinajstić information content (AvgIpc) is 3.09. The first-order chi connectivity index (χ1) is 14.8. The molecule has 31 heavy (non-hydrogen) atoms. The van der Waals surface area contributed by atoms with E-state index in [0.717, 1.165) is 23.9 Å². The van der Waals surface area contributed by atoms with Crippen molar-refractivity contribution in [3.05, 3.63) is 64.2 Å². The molecule has 0 atom stereocenters. The zero-order valence-corrected chi connectivity index (χ0v) is 17.5. The lowest BCUT2D eigenvalue weighted by molar-refractivity contribution is -0.387. The van der Waals surface area contributed by atoms with Crippen molar-refractivity contribution in [1.29, 1.82) is 0 Å². The molecule has 0 saturated heterocycles. The van der Waals surface area contributed by atoms with Crippen molar-refractivity contribution in [2.24, 2.45) is 5.92 Å². The summed E-state index contributed by atoms with van der Waals surface area (Å²) >= 11 is 1.10. The lowest BCUT2D eigenvalue weighted by Crippen LogP contribution is -2.15. The van der Waals surface area contributed by atoms with Crippen LogP contribution in [-0.4, -0.2) is 31.3 Å². The lowest BCUT2D eigenvalue weighted by atomic mass is 10.2. The third kappa shape index (κ3) is 5.43. The molecule has 0 fully saturated rings. The quantitative estimate of drug-likeness (QED) is 0.309. The van der Waals surface area contributed by atoms with Gasteiger partial charge in [0.1, 0.15) is 5.82 Å². The summed E-state index contributed by atoms with van der Waals surface area (Å²) in [7, 11) is 0. The minimum absolute atomic E-state index is 0.0708. The molecule has 8 nitrogen and oxygen atoms in total. The standard InChI is InChI=1S/C20H19F2N5O3S/c1-12(2)10-26-19(14-5-3-4-6-15(14)21)24-25-20(26)31-11-18(28)23-13-7-8-16(22)17(9-13)27(29)30/h3-9,12H,10-11H2,1-2H3,(H,23,28). The SMILES string of the molecule is CC(C)Cn1c(SCC(=O)Nc2ccc(F)c([N+](=O)[O-])c2)nnc1-c1ccccc1F. The second kappa shape index (κ2) is 9.65. The largest absolute Gasteiger partial charge is 0.325 e. The Morgan fingerprint density at radius 1 is 1.19 bits per heavy atom. The van der Waals surface area contributed by atoms with Crippen LogP contribution < -0.4 is 5.32 Å². The van der Waals surface area contributed by atoms with Crippen molar-refractivity contribution in [3.8, 4) is 11.4 Å². The number of anilines is 1. The fourth-order valence-corrected chi connectivity index (χ4v) is 3.57. The molecular weight excluding hydrogens is 428 g/mol. The van der Waals surface area contributed by atoms with E-state index < -0.39 is 28.2 Å². The van der Waals surface area contributed by atoms with Crippen LogP contribution in [0.1, 0.15) is 13.8 Å². The molecule has 0 aliphatic rings. The number of nitrogens with one attached hydrogen (secondary N) is 1. The van der Waals surface area contributed by atoms with E-state index in [9.17, 15) is 23.7 Å². The molecule has 11 heteroatoms. The van der Waals surface area contributed by atoms with E-state index in [1.54, 1.807) is 22.8 Å². The predicted octanol–water partition coefficient (Wildman–Crippen LogP) is 4.52. The van der Waals surface area contributed by atoms with Gasteiger partial charge in [-0.25, -0.2) is 4.39 Å². The first-order valence-corrected chi connectivity index (χ1v) is 10.3. The molecule has 0 radical (unpaired) electrons. The molecular formula is C20H19F2N5O3S. The minimum Gasteiger partial charge on any atom is -0.325 e. The summed E-state index contributed by atoms with van der Waals surface area (Å²) in [4.78, 5) is 22.3. The van der Waals surface area contributed by atoms with E-state index in [4.69, 9.17) is 0 Å². The Balaban J connectivity index is 1.76. The molecule has 0 bridgehead atoms. The molecule has 0 unspecified atom stereocenters. The van der Waals surface area contributed by atoms with Crippen molar-refractivity contribution >= 4 is 29.0 Å². The summed E-state index contributed by atoms with van der Waals surface area (Å²) in [6.07, 6.45) is 0. The van der Waals surface area contributed by atoms with Gasteiger partial charge in [0, 0.05) is 18.3 Å². The molecule has 0 aliphatic heterocycles. The molecule has 3 aromatic rings. The van der Waals surface area contributed by atoms with Gasteiger partial charge in [-0.15, -0.1) is 10.2 Å². The van der Waals surface area contributed by atoms with Gasteiger partial charge in [-0.2, -0.15) is 4.39 Å². The highest BCUT2D eigenvalue weighted by Gasteiger charge is 2.19. The van der Waals surface area contributed by atoms with Crippen molar-refractivity contribution in [2.45, 2.75) is 25.5 Å². The normalized spacial score (nSPS) is 11.0. The summed E-state index contributed by atoms with van der Waals surface area (Å²) in [6, 6.07) is 9.35. The number of hydrogen-bond donors (Lipinski definition) is 1. The molecule has 162 valence electrons. The Morgan fingerprint density at radius 2 is 1.94 bits per heavy atom. The third-order valence-electron chi connectivity index (χ3n) is 4.14. The van der Waals surface area contributed by atoms with Gasteiger partial charge in [0.05, 0.1) is 16.2 Å². The Hall–Kier alpha value is -3.34. The molecule has 2 aromatic carbocycles. The number of hydrogen-bond acceptors (Lipinski definition) is 6. The molecule has 1 amide bonds. The highest BCUT2D eigenvalue weighted by atomic mass is 32.2. The average molecular weight is 447 g/mol. The number of halogens is 2. The van der Waals surface area contributed by atoms with Crippen LogP contribution in [0.25, 0.3) is 11.4 Å². The molecule has 1 N–H and O–H groups in total. The number of benzene rings is 2. The van der Waals surface area contributed by atoms with Crippen LogP contribution in [0.3, 0.4) is 0 Å². The molecule has 0 spiro atoms. The molecule has 1 aromatic heterocycles. The van der Waals surface area contributed by atoms with Crippen LogP contribution in [-0.2, 0) is 11.3 Å². The maximum absolute atomic E-state index is 14.2. The highest BCUT2D eigenvalue weighted by molar-refractivity contribution is 7.99. The molecule has 1 heterocycles. The third-order valence-corrected chi connectivity index (χ3v) is 5.11. The van der Waals surface area contributed by atoms with Gasteiger partial charge in [-0.3, -0.25) is 14.9 Å². The van der Waals surface area contributed by atoms with Gasteiger partial charge in [0.15, 0.2) is 11.0 Å². The van der Waals surface area contributed by atoms with Crippen molar-refractivity contribution in [1.82, 2.24) is 14.8 Å². The Kier molecular flexibility index (Phi) is 6.95. The van der Waals surface area contributed by atoms with Crippen LogP contribution in [0.4, 0.5) is 20.2 Å². The van der Waals surface area contributed by atoms with Gasteiger partial charge in [-0.1, -0.05) is 37.7 Å². The summed E-state index contributed by atoms with van der Waals surface area (Å²) in [5.41, 5.74) is -0.309. The fraction of sp³-hybridized carbons (Fsp3) is 0.250. The summed E-state index contributed by atoms with van der Waals surface area (Å²) in [5, 5.41) is 22.0. The summed E-state index contributed by atoms with van der Waals surface area (Å²) in [5.74, 6) is -1.36. The van der Waals surface area contributed by atoms with E-state index in [1.165, 1.54) is 12.1 Å². The summed E-state index contributed by atoms with van der Waals surface area (Å²) < 4.78 is 29.4. The van der Waals surface area contributed by atoms with E-state index in [2.05, 4.69) is 15.5 Å². The van der Waals surface area contributed by atoms with Gasteiger partial charge in [-0.05, 0) is 30.2 Å². The highest BCUT2D eigenvalue weighted by Crippen LogP contribution is 2.27. The van der Waals surface area contributed by atoms with E-state index in [-0.39, 0.29) is 17.4 Å². The number of amides is 1. The lowest BCUT2D eigenvalue weighted by Gasteiger charge is -2.13. The fourth-order valence-electron chi connectivity index (χ4n) is 2.82. The predicted molar refractivity (Wildman–Crippen MR) is 113 cm³/mol. The van der Waals surface area contributed by atoms with Crippen molar-refractivity contribution < 1.29 is 18.5 Å². The zero-order chi connectivity index (χ0) is 22.5. The van der Waals surface area contributed by atoms with Gasteiger partial charge < -0.3 is 9.88 Å². The number of nitrogens with zero attached hydrogens (tertiary/aromatic N) is 4. The smallest absolute Gasteiger partial charge is 0.306 e. The van der Waals surface area contributed by atoms with Crippen molar-refractivity contribution in [3.63, 3.8) is 0 Å². The second-order valence-electron chi connectivity index (χ2n) is 7.05. The van der Waals surface area contributed by atoms with Gasteiger partial charge in [0.2, 0.25) is 11.7 Å². The van der Waals surface area contributed by atoms with Crippen LogP contribution in [0.5, 0.6) is 0 Å².